The van der Waals surface area contributed by atoms with Crippen molar-refractivity contribution in [2.75, 3.05) is 33.9 Å². The van der Waals surface area contributed by atoms with E-state index in [1.54, 1.807) is 7.11 Å². The Morgan fingerprint density at radius 3 is 2.68 bits per heavy atom. The summed E-state index contributed by atoms with van der Waals surface area (Å²) in [6, 6.07) is 10.3. The van der Waals surface area contributed by atoms with Crippen molar-refractivity contribution in [3.63, 3.8) is 0 Å². The molecular formula is C15H21NO3. The number of hydrogen-bond donors (Lipinski definition) is 0. The number of likely N-dealkylation sites (tertiary alicyclic amines) is 1. The average Bonchev–Trinajstić information content (AvgIpc) is 2.84. The van der Waals surface area contributed by atoms with E-state index in [9.17, 15) is 4.79 Å². The Morgan fingerprint density at radius 2 is 2.05 bits per heavy atom. The lowest BCUT2D eigenvalue weighted by Crippen LogP contribution is -2.39. The van der Waals surface area contributed by atoms with Gasteiger partial charge in [-0.1, -0.05) is 30.3 Å². The van der Waals surface area contributed by atoms with Gasteiger partial charge in [-0.3, -0.25) is 9.69 Å². The summed E-state index contributed by atoms with van der Waals surface area (Å²) in [6.07, 6.45) is 0.792. The topological polar surface area (TPSA) is 38.8 Å². The summed E-state index contributed by atoms with van der Waals surface area (Å²) in [5.74, 6) is -0.162. The van der Waals surface area contributed by atoms with Crippen LogP contribution in [0.4, 0.5) is 0 Å². The highest BCUT2D eigenvalue weighted by molar-refractivity contribution is 5.77. The molecule has 0 aromatic heterocycles. The van der Waals surface area contributed by atoms with Gasteiger partial charge in [0.15, 0.2) is 0 Å². The highest BCUT2D eigenvalue weighted by atomic mass is 16.5. The predicted molar refractivity (Wildman–Crippen MR) is 72.7 cm³/mol. The maximum atomic E-state index is 12.0. The van der Waals surface area contributed by atoms with Crippen molar-refractivity contribution in [3.8, 4) is 0 Å². The molecule has 0 unspecified atom stereocenters. The van der Waals surface area contributed by atoms with Crippen molar-refractivity contribution in [3.05, 3.63) is 35.9 Å². The van der Waals surface area contributed by atoms with Crippen LogP contribution in [-0.4, -0.2) is 44.8 Å². The van der Waals surface area contributed by atoms with Gasteiger partial charge in [0.05, 0.1) is 13.7 Å². The second-order valence-electron chi connectivity index (χ2n) is 5.15. The molecule has 0 saturated carbocycles. The van der Waals surface area contributed by atoms with E-state index < -0.39 is 5.41 Å². The second-order valence-corrected chi connectivity index (χ2v) is 5.15. The normalized spacial score (nSPS) is 23.5. The molecule has 1 saturated heterocycles. The van der Waals surface area contributed by atoms with Gasteiger partial charge < -0.3 is 9.47 Å². The molecule has 1 aromatic carbocycles. The van der Waals surface area contributed by atoms with Crippen molar-refractivity contribution in [2.24, 2.45) is 5.41 Å². The van der Waals surface area contributed by atoms with Gasteiger partial charge in [0.2, 0.25) is 0 Å². The molecule has 2 rings (SSSR count). The van der Waals surface area contributed by atoms with Crippen molar-refractivity contribution >= 4 is 5.97 Å². The third-order valence-electron chi connectivity index (χ3n) is 3.72. The number of carbonyl (C=O) groups is 1. The lowest BCUT2D eigenvalue weighted by Gasteiger charge is -2.25. The summed E-state index contributed by atoms with van der Waals surface area (Å²) in [7, 11) is 3.07. The first-order valence-corrected chi connectivity index (χ1v) is 6.54. The molecule has 0 aliphatic carbocycles. The van der Waals surface area contributed by atoms with Crippen molar-refractivity contribution < 1.29 is 14.3 Å². The monoisotopic (exact) mass is 263 g/mol. The first-order chi connectivity index (χ1) is 9.20. The van der Waals surface area contributed by atoms with E-state index in [4.69, 9.17) is 9.47 Å². The number of esters is 1. The molecule has 104 valence electrons. The maximum absolute atomic E-state index is 12.0. The number of rotatable bonds is 5. The number of nitrogens with zero attached hydrogens (tertiary/aromatic N) is 1. The molecule has 0 N–H and O–H groups in total. The summed E-state index contributed by atoms with van der Waals surface area (Å²) in [4.78, 5) is 14.3. The molecule has 1 fully saturated rings. The molecule has 4 nitrogen and oxygen atoms in total. The molecule has 0 bridgehead atoms. The molecule has 1 heterocycles. The van der Waals surface area contributed by atoms with E-state index >= 15 is 0 Å². The van der Waals surface area contributed by atoms with Gasteiger partial charge in [-0.2, -0.15) is 0 Å². The second kappa shape index (κ2) is 6.17. The van der Waals surface area contributed by atoms with Gasteiger partial charge >= 0.3 is 5.97 Å². The maximum Gasteiger partial charge on any atom is 0.315 e. The molecule has 1 aliphatic rings. The Hall–Kier alpha value is -1.39. The van der Waals surface area contributed by atoms with Crippen LogP contribution in [0.5, 0.6) is 0 Å². The SMILES string of the molecule is COC[C@@]1(C(=O)OC)CCN(Cc2ccccc2)C1. The standard InChI is InChI=1S/C15H21NO3/c1-18-12-15(14(17)19-2)8-9-16(11-15)10-13-6-4-3-5-7-13/h3-7H,8-12H2,1-2H3/t15-/m1/s1. The Bertz CT molecular complexity index is 421. The predicted octanol–water partition coefficient (Wildman–Crippen LogP) is 1.70. The summed E-state index contributed by atoms with van der Waals surface area (Å²) < 4.78 is 10.2. The quantitative estimate of drug-likeness (QED) is 0.758. The van der Waals surface area contributed by atoms with Crippen LogP contribution in [0.3, 0.4) is 0 Å². The number of hydrogen-bond acceptors (Lipinski definition) is 4. The zero-order valence-corrected chi connectivity index (χ0v) is 11.6. The third kappa shape index (κ3) is 3.14. The van der Waals surface area contributed by atoms with Crippen LogP contribution in [0.1, 0.15) is 12.0 Å². The summed E-state index contributed by atoms with van der Waals surface area (Å²) in [5.41, 5.74) is 0.763. The average molecular weight is 263 g/mol. The number of methoxy groups -OCH3 is 2. The van der Waals surface area contributed by atoms with E-state index in [0.717, 1.165) is 19.5 Å². The minimum atomic E-state index is -0.502. The van der Waals surface area contributed by atoms with Gasteiger partial charge in [0.25, 0.3) is 0 Å². The molecule has 19 heavy (non-hydrogen) atoms. The minimum Gasteiger partial charge on any atom is -0.468 e. The molecule has 0 amide bonds. The van der Waals surface area contributed by atoms with Crippen molar-refractivity contribution in [2.45, 2.75) is 13.0 Å². The van der Waals surface area contributed by atoms with E-state index in [-0.39, 0.29) is 5.97 Å². The summed E-state index contributed by atoms with van der Waals surface area (Å²) in [6.45, 7) is 2.88. The molecule has 1 aromatic rings. The van der Waals surface area contributed by atoms with Crippen LogP contribution in [0.15, 0.2) is 30.3 Å². The Labute approximate surface area is 114 Å². The fraction of sp³-hybridized carbons (Fsp3) is 0.533. The molecule has 1 atom stereocenters. The van der Waals surface area contributed by atoms with Crippen LogP contribution < -0.4 is 0 Å². The number of ether oxygens (including phenoxy) is 2. The van der Waals surface area contributed by atoms with Crippen molar-refractivity contribution in [1.29, 1.82) is 0 Å². The van der Waals surface area contributed by atoms with Gasteiger partial charge in [-0.05, 0) is 18.5 Å². The van der Waals surface area contributed by atoms with Crippen LogP contribution in [-0.2, 0) is 20.8 Å². The van der Waals surface area contributed by atoms with Gasteiger partial charge in [0.1, 0.15) is 5.41 Å². The zero-order chi connectivity index (χ0) is 13.7. The summed E-state index contributed by atoms with van der Waals surface area (Å²) in [5, 5.41) is 0. The Kier molecular flexibility index (Phi) is 4.56. The molecule has 4 heteroatoms. The lowest BCUT2D eigenvalue weighted by molar-refractivity contribution is -0.155. The van der Waals surface area contributed by atoms with Crippen LogP contribution in [0.25, 0.3) is 0 Å². The number of carbonyl (C=O) groups excluding carboxylic acids is 1. The Balaban J connectivity index is 2.02. The van der Waals surface area contributed by atoms with E-state index in [1.165, 1.54) is 12.7 Å². The van der Waals surface area contributed by atoms with E-state index in [1.807, 2.05) is 18.2 Å². The van der Waals surface area contributed by atoms with Gasteiger partial charge in [0, 0.05) is 20.2 Å². The molecule has 0 radical (unpaired) electrons. The smallest absolute Gasteiger partial charge is 0.315 e. The highest BCUT2D eigenvalue weighted by Gasteiger charge is 2.45. The first-order valence-electron chi connectivity index (χ1n) is 6.54. The first kappa shape index (κ1) is 14.0. The fourth-order valence-corrected chi connectivity index (χ4v) is 2.77. The van der Waals surface area contributed by atoms with Crippen molar-refractivity contribution in [1.82, 2.24) is 4.90 Å². The molecular weight excluding hydrogens is 242 g/mol. The summed E-state index contributed by atoms with van der Waals surface area (Å²) >= 11 is 0. The minimum absolute atomic E-state index is 0.162. The Morgan fingerprint density at radius 1 is 1.32 bits per heavy atom. The van der Waals surface area contributed by atoms with Gasteiger partial charge in [-0.15, -0.1) is 0 Å². The van der Waals surface area contributed by atoms with E-state index in [0.29, 0.717) is 13.2 Å². The number of benzene rings is 1. The molecule has 0 spiro atoms. The third-order valence-corrected chi connectivity index (χ3v) is 3.72. The van der Waals surface area contributed by atoms with E-state index in [2.05, 4.69) is 17.0 Å². The van der Waals surface area contributed by atoms with Gasteiger partial charge in [-0.25, -0.2) is 0 Å². The zero-order valence-electron chi connectivity index (χ0n) is 11.6. The highest BCUT2D eigenvalue weighted by Crippen LogP contribution is 2.33. The largest absolute Gasteiger partial charge is 0.468 e. The lowest BCUT2D eigenvalue weighted by atomic mass is 9.88. The van der Waals surface area contributed by atoms with Crippen LogP contribution in [0, 0.1) is 5.41 Å². The van der Waals surface area contributed by atoms with Crippen LogP contribution >= 0.6 is 0 Å². The van der Waals surface area contributed by atoms with Crippen LogP contribution in [0.2, 0.25) is 0 Å². The fourth-order valence-electron chi connectivity index (χ4n) is 2.77. The molecule has 1 aliphatic heterocycles.